The van der Waals surface area contributed by atoms with Crippen molar-refractivity contribution < 1.29 is 4.74 Å². The molecule has 3 heteroatoms. The van der Waals surface area contributed by atoms with Crippen LogP contribution in [0, 0.1) is 6.92 Å². The highest BCUT2D eigenvalue weighted by atomic mass is 35.5. The molecule has 112 valence electrons. The largest absolute Gasteiger partial charge is 0.457 e. The number of hydrogen-bond acceptors (Lipinski definition) is 2. The van der Waals surface area contributed by atoms with E-state index in [9.17, 15) is 0 Å². The van der Waals surface area contributed by atoms with Gasteiger partial charge in [-0.2, -0.15) is 0 Å². The number of rotatable bonds is 4. The second-order valence-electron chi connectivity index (χ2n) is 5.75. The van der Waals surface area contributed by atoms with Crippen LogP contribution >= 0.6 is 11.6 Å². The highest BCUT2D eigenvalue weighted by Crippen LogP contribution is 2.31. The summed E-state index contributed by atoms with van der Waals surface area (Å²) in [6, 6.07) is 11.7. The molecule has 2 aromatic rings. The molecule has 0 aliphatic heterocycles. The molecule has 0 heterocycles. The number of ether oxygens (including phenoxy) is 1. The molecule has 0 aliphatic carbocycles. The van der Waals surface area contributed by atoms with Crippen molar-refractivity contribution in [2.75, 3.05) is 0 Å². The zero-order valence-corrected chi connectivity index (χ0v) is 13.7. The second kappa shape index (κ2) is 6.50. The minimum atomic E-state index is -0.0841. The van der Waals surface area contributed by atoms with Gasteiger partial charge in [0.05, 0.1) is 0 Å². The van der Waals surface area contributed by atoms with Gasteiger partial charge in [-0.25, -0.2) is 0 Å². The van der Waals surface area contributed by atoms with Crippen molar-refractivity contribution in [2.24, 2.45) is 5.73 Å². The van der Waals surface area contributed by atoms with E-state index >= 15 is 0 Å². The molecule has 0 amide bonds. The van der Waals surface area contributed by atoms with E-state index in [4.69, 9.17) is 22.1 Å². The Bertz CT molecular complexity index is 580. The summed E-state index contributed by atoms with van der Waals surface area (Å²) in [5.74, 6) is 2.06. The van der Waals surface area contributed by atoms with Crippen LogP contribution in [0.4, 0.5) is 0 Å². The van der Waals surface area contributed by atoms with E-state index in [2.05, 4.69) is 32.9 Å². The van der Waals surface area contributed by atoms with E-state index in [1.807, 2.05) is 31.2 Å². The fourth-order valence-electron chi connectivity index (χ4n) is 2.44. The molecule has 0 saturated carbocycles. The van der Waals surface area contributed by atoms with Crippen LogP contribution in [0.2, 0.25) is 5.02 Å². The fraction of sp³-hybridized carbons (Fsp3) is 0.333. The zero-order valence-electron chi connectivity index (χ0n) is 13.0. The van der Waals surface area contributed by atoms with Crippen molar-refractivity contribution in [3.8, 4) is 11.5 Å². The van der Waals surface area contributed by atoms with Crippen LogP contribution in [-0.2, 0) is 0 Å². The number of hydrogen-bond donors (Lipinski definition) is 1. The van der Waals surface area contributed by atoms with Gasteiger partial charge in [0.15, 0.2) is 0 Å². The Kier molecular flexibility index (Phi) is 4.92. The van der Waals surface area contributed by atoms with Crippen LogP contribution < -0.4 is 10.5 Å². The lowest BCUT2D eigenvalue weighted by molar-refractivity contribution is 0.481. The van der Waals surface area contributed by atoms with Crippen LogP contribution in [0.15, 0.2) is 36.4 Å². The zero-order chi connectivity index (χ0) is 15.6. The Morgan fingerprint density at radius 3 is 2.00 bits per heavy atom. The molecule has 2 N–H and O–H groups in total. The van der Waals surface area contributed by atoms with Crippen molar-refractivity contribution in [3.63, 3.8) is 0 Å². The van der Waals surface area contributed by atoms with E-state index in [1.165, 1.54) is 11.1 Å². The smallest absolute Gasteiger partial charge is 0.128 e. The summed E-state index contributed by atoms with van der Waals surface area (Å²) in [4.78, 5) is 0. The first-order chi connectivity index (χ1) is 9.88. The Morgan fingerprint density at radius 2 is 1.52 bits per heavy atom. The third kappa shape index (κ3) is 3.78. The molecule has 2 rings (SSSR count). The molecular weight excluding hydrogens is 282 g/mol. The minimum absolute atomic E-state index is 0.0841. The molecule has 0 radical (unpaired) electrons. The van der Waals surface area contributed by atoms with Gasteiger partial charge in [-0.05, 0) is 60.7 Å². The SMILES string of the molecule is Cc1cc(Oc2ccc(C(C)N)c(Cl)c2)ccc1C(C)C. The van der Waals surface area contributed by atoms with E-state index in [-0.39, 0.29) is 6.04 Å². The van der Waals surface area contributed by atoms with E-state index in [1.54, 1.807) is 0 Å². The molecule has 0 spiro atoms. The highest BCUT2D eigenvalue weighted by molar-refractivity contribution is 6.31. The van der Waals surface area contributed by atoms with Gasteiger partial charge in [0.1, 0.15) is 11.5 Å². The first-order valence-electron chi connectivity index (χ1n) is 7.22. The van der Waals surface area contributed by atoms with Crippen molar-refractivity contribution in [1.29, 1.82) is 0 Å². The van der Waals surface area contributed by atoms with Gasteiger partial charge < -0.3 is 10.5 Å². The van der Waals surface area contributed by atoms with Crippen molar-refractivity contribution >= 4 is 11.6 Å². The van der Waals surface area contributed by atoms with E-state index in [0.717, 1.165) is 17.1 Å². The summed E-state index contributed by atoms with van der Waals surface area (Å²) in [6.07, 6.45) is 0. The van der Waals surface area contributed by atoms with E-state index in [0.29, 0.717) is 10.9 Å². The molecule has 2 nitrogen and oxygen atoms in total. The Balaban J connectivity index is 2.22. The first-order valence-corrected chi connectivity index (χ1v) is 7.59. The van der Waals surface area contributed by atoms with Crippen LogP contribution in [0.1, 0.15) is 49.4 Å². The van der Waals surface area contributed by atoms with Gasteiger partial charge in [0, 0.05) is 11.1 Å². The summed E-state index contributed by atoms with van der Waals surface area (Å²) in [7, 11) is 0. The van der Waals surface area contributed by atoms with Gasteiger partial charge >= 0.3 is 0 Å². The van der Waals surface area contributed by atoms with Crippen LogP contribution in [0.3, 0.4) is 0 Å². The van der Waals surface area contributed by atoms with Crippen molar-refractivity contribution in [1.82, 2.24) is 0 Å². The predicted octanol–water partition coefficient (Wildman–Crippen LogP) is 5.58. The summed E-state index contributed by atoms with van der Waals surface area (Å²) in [5.41, 5.74) is 9.36. The lowest BCUT2D eigenvalue weighted by atomic mass is 9.98. The molecule has 0 aliphatic rings. The number of benzene rings is 2. The Labute approximate surface area is 131 Å². The van der Waals surface area contributed by atoms with Gasteiger partial charge in [-0.3, -0.25) is 0 Å². The standard InChI is InChI=1S/C18H22ClNO/c1-11(2)16-7-5-14(9-12(16)3)21-15-6-8-17(13(4)20)18(19)10-15/h5-11,13H,20H2,1-4H3. The highest BCUT2D eigenvalue weighted by Gasteiger charge is 2.09. The Hall–Kier alpha value is -1.51. The molecule has 0 bridgehead atoms. The normalized spacial score (nSPS) is 12.5. The summed E-state index contributed by atoms with van der Waals surface area (Å²) in [6.45, 7) is 8.40. The number of halogens is 1. The summed E-state index contributed by atoms with van der Waals surface area (Å²) >= 11 is 6.23. The van der Waals surface area contributed by atoms with Crippen molar-refractivity contribution in [2.45, 2.75) is 39.7 Å². The topological polar surface area (TPSA) is 35.2 Å². The van der Waals surface area contributed by atoms with Gasteiger partial charge in [0.25, 0.3) is 0 Å². The van der Waals surface area contributed by atoms with Crippen LogP contribution in [0.25, 0.3) is 0 Å². The monoisotopic (exact) mass is 303 g/mol. The molecular formula is C18H22ClNO. The summed E-state index contributed by atoms with van der Waals surface area (Å²) in [5, 5.41) is 0.637. The fourth-order valence-corrected chi connectivity index (χ4v) is 2.78. The number of aryl methyl sites for hydroxylation is 1. The molecule has 0 aromatic heterocycles. The molecule has 1 atom stereocenters. The lowest BCUT2D eigenvalue weighted by Crippen LogP contribution is -2.05. The second-order valence-corrected chi connectivity index (χ2v) is 6.15. The Morgan fingerprint density at radius 1 is 0.952 bits per heavy atom. The average Bonchev–Trinajstić information content (AvgIpc) is 2.37. The molecule has 2 aromatic carbocycles. The maximum atomic E-state index is 6.23. The quantitative estimate of drug-likeness (QED) is 0.799. The van der Waals surface area contributed by atoms with E-state index < -0.39 is 0 Å². The van der Waals surface area contributed by atoms with Gasteiger partial charge in [-0.15, -0.1) is 0 Å². The first kappa shape index (κ1) is 15.9. The number of nitrogens with two attached hydrogens (primary N) is 1. The molecule has 0 saturated heterocycles. The maximum Gasteiger partial charge on any atom is 0.128 e. The van der Waals surface area contributed by atoms with Crippen LogP contribution in [0.5, 0.6) is 11.5 Å². The molecule has 1 unspecified atom stereocenters. The van der Waals surface area contributed by atoms with Gasteiger partial charge in [0.2, 0.25) is 0 Å². The average molecular weight is 304 g/mol. The summed E-state index contributed by atoms with van der Waals surface area (Å²) < 4.78 is 5.88. The third-order valence-electron chi connectivity index (χ3n) is 3.56. The third-order valence-corrected chi connectivity index (χ3v) is 3.89. The minimum Gasteiger partial charge on any atom is -0.457 e. The molecule has 0 fully saturated rings. The van der Waals surface area contributed by atoms with Crippen LogP contribution in [-0.4, -0.2) is 0 Å². The molecule has 21 heavy (non-hydrogen) atoms. The maximum absolute atomic E-state index is 6.23. The van der Waals surface area contributed by atoms with Gasteiger partial charge in [-0.1, -0.05) is 37.6 Å². The predicted molar refractivity (Wildman–Crippen MR) is 89.4 cm³/mol. The van der Waals surface area contributed by atoms with Crippen molar-refractivity contribution in [3.05, 3.63) is 58.1 Å². The lowest BCUT2D eigenvalue weighted by Gasteiger charge is -2.14.